The molecule has 0 radical (unpaired) electrons. The van der Waals surface area contributed by atoms with Crippen LogP contribution in [0.25, 0.3) is 5.57 Å². The third kappa shape index (κ3) is 4.37. The monoisotopic (exact) mass is 448 g/mol. The Morgan fingerprint density at radius 3 is 1.40 bits per heavy atom. The van der Waals surface area contributed by atoms with Crippen LogP contribution in [0.2, 0.25) is 0 Å². The minimum absolute atomic E-state index is 0.244. The second-order valence-electron chi connectivity index (χ2n) is 7.88. The summed E-state index contributed by atoms with van der Waals surface area (Å²) >= 11 is 0. The lowest BCUT2D eigenvalue weighted by Gasteiger charge is -2.28. The van der Waals surface area contributed by atoms with E-state index in [4.69, 9.17) is 8.37 Å². The molecule has 0 unspecified atom stereocenters. The van der Waals surface area contributed by atoms with Crippen molar-refractivity contribution in [1.29, 1.82) is 0 Å². The van der Waals surface area contributed by atoms with Gasteiger partial charge in [-0.05, 0) is 29.5 Å². The topological polar surface area (TPSA) is 86.7 Å². The van der Waals surface area contributed by atoms with Gasteiger partial charge in [-0.3, -0.25) is 8.37 Å². The molecule has 2 saturated carbocycles. The van der Waals surface area contributed by atoms with Gasteiger partial charge in [0.1, 0.15) is 12.2 Å². The summed E-state index contributed by atoms with van der Waals surface area (Å²) in [6.45, 7) is 0. The Hall–Kier alpha value is -2.00. The first-order valence-electron chi connectivity index (χ1n) is 9.75. The Kier molecular flexibility index (Phi) is 5.61. The molecule has 30 heavy (non-hydrogen) atoms. The van der Waals surface area contributed by atoms with Gasteiger partial charge in [-0.15, -0.1) is 0 Å². The molecule has 2 aromatic rings. The zero-order chi connectivity index (χ0) is 21.5. The molecule has 0 aromatic heterocycles. The molecule has 2 aliphatic carbocycles. The summed E-state index contributed by atoms with van der Waals surface area (Å²) in [5.41, 5.74) is 3.99. The van der Waals surface area contributed by atoms with Gasteiger partial charge in [0.25, 0.3) is 20.2 Å². The van der Waals surface area contributed by atoms with Crippen LogP contribution in [-0.2, 0) is 28.6 Å². The predicted octanol–water partition coefficient (Wildman–Crippen LogP) is 3.22. The molecule has 4 atom stereocenters. The standard InChI is InChI=1S/C22H24O6S2/c1-29(23,24)27-21-17-13-14-18(22(21)28-30(2,25)26)20(17)19(15-9-5-3-6-10-15)16-11-7-4-8-12-16/h3-12,17-18,21-22H,13-14H2,1-2H3/t17-,18+,21+,22-. The summed E-state index contributed by atoms with van der Waals surface area (Å²) < 4.78 is 58.6. The largest absolute Gasteiger partial charge is 0.264 e. The average Bonchev–Trinajstić information content (AvgIpc) is 3.19. The lowest BCUT2D eigenvalue weighted by atomic mass is 9.88. The van der Waals surface area contributed by atoms with Gasteiger partial charge in [-0.2, -0.15) is 16.8 Å². The van der Waals surface area contributed by atoms with Crippen molar-refractivity contribution < 1.29 is 25.2 Å². The normalized spacial score (nSPS) is 26.1. The molecule has 8 heteroatoms. The molecule has 2 bridgehead atoms. The van der Waals surface area contributed by atoms with Crippen molar-refractivity contribution in [2.75, 3.05) is 12.5 Å². The van der Waals surface area contributed by atoms with Gasteiger partial charge in [-0.25, -0.2) is 0 Å². The number of rotatable bonds is 6. The molecule has 4 rings (SSSR count). The molecule has 0 saturated heterocycles. The van der Waals surface area contributed by atoms with Crippen molar-refractivity contribution in [2.45, 2.75) is 25.0 Å². The van der Waals surface area contributed by atoms with E-state index in [0.29, 0.717) is 12.8 Å². The summed E-state index contributed by atoms with van der Waals surface area (Å²) in [4.78, 5) is 0. The molecular weight excluding hydrogens is 424 g/mol. The molecular formula is C22H24O6S2. The van der Waals surface area contributed by atoms with Crippen LogP contribution >= 0.6 is 0 Å². The van der Waals surface area contributed by atoms with Crippen LogP contribution in [0.1, 0.15) is 24.0 Å². The van der Waals surface area contributed by atoms with Crippen LogP contribution in [0, 0.1) is 11.8 Å². The van der Waals surface area contributed by atoms with E-state index in [1.807, 2.05) is 60.7 Å². The Balaban J connectivity index is 1.91. The first-order chi connectivity index (χ1) is 14.1. The Morgan fingerprint density at radius 2 is 1.07 bits per heavy atom. The summed E-state index contributed by atoms with van der Waals surface area (Å²) in [5, 5.41) is 0. The van der Waals surface area contributed by atoms with Gasteiger partial charge in [0.05, 0.1) is 12.5 Å². The summed E-state index contributed by atoms with van der Waals surface area (Å²) in [7, 11) is -7.59. The second-order valence-corrected chi connectivity index (χ2v) is 11.1. The van der Waals surface area contributed by atoms with E-state index in [9.17, 15) is 16.8 Å². The molecule has 2 aliphatic rings. The minimum Gasteiger partial charge on any atom is -0.264 e. The van der Waals surface area contributed by atoms with Crippen molar-refractivity contribution in [3.05, 3.63) is 77.4 Å². The van der Waals surface area contributed by atoms with Crippen LogP contribution < -0.4 is 0 Å². The average molecular weight is 449 g/mol. The minimum atomic E-state index is -3.79. The maximum atomic E-state index is 11.9. The highest BCUT2D eigenvalue weighted by Gasteiger charge is 2.56. The molecule has 6 nitrogen and oxygen atoms in total. The third-order valence-electron chi connectivity index (χ3n) is 5.69. The van der Waals surface area contributed by atoms with E-state index in [1.54, 1.807) is 0 Å². The van der Waals surface area contributed by atoms with Crippen molar-refractivity contribution in [3.63, 3.8) is 0 Å². The highest BCUT2D eigenvalue weighted by molar-refractivity contribution is 7.86. The van der Waals surface area contributed by atoms with Gasteiger partial charge in [0.15, 0.2) is 0 Å². The van der Waals surface area contributed by atoms with Crippen molar-refractivity contribution in [1.82, 2.24) is 0 Å². The number of benzene rings is 2. The molecule has 0 N–H and O–H groups in total. The lowest BCUT2D eigenvalue weighted by molar-refractivity contribution is 0.0245. The Bertz CT molecular complexity index is 1060. The van der Waals surface area contributed by atoms with E-state index < -0.39 is 32.4 Å². The van der Waals surface area contributed by atoms with Gasteiger partial charge in [-0.1, -0.05) is 66.2 Å². The van der Waals surface area contributed by atoms with E-state index in [2.05, 4.69) is 0 Å². The van der Waals surface area contributed by atoms with Gasteiger partial charge in [0.2, 0.25) is 0 Å². The molecule has 0 amide bonds. The van der Waals surface area contributed by atoms with Gasteiger partial charge >= 0.3 is 0 Å². The second kappa shape index (κ2) is 7.92. The summed E-state index contributed by atoms with van der Waals surface area (Å²) in [5.74, 6) is -0.487. The number of hydrogen-bond donors (Lipinski definition) is 0. The third-order valence-corrected chi connectivity index (χ3v) is 6.83. The zero-order valence-electron chi connectivity index (χ0n) is 16.8. The quantitative estimate of drug-likeness (QED) is 0.631. The highest BCUT2D eigenvalue weighted by Crippen LogP contribution is 2.55. The maximum Gasteiger partial charge on any atom is 0.264 e. The molecule has 2 aromatic carbocycles. The maximum absolute atomic E-state index is 11.9. The first kappa shape index (κ1) is 21.2. The van der Waals surface area contributed by atoms with E-state index in [0.717, 1.165) is 34.8 Å². The SMILES string of the molecule is CS(=O)(=O)O[C@@H]1[C@H](OS(C)(=O)=O)[C@H]2CC[C@@H]1C2=C(c1ccccc1)c1ccccc1. The number of hydrogen-bond acceptors (Lipinski definition) is 6. The van der Waals surface area contributed by atoms with Crippen LogP contribution in [0.5, 0.6) is 0 Å². The van der Waals surface area contributed by atoms with E-state index >= 15 is 0 Å². The summed E-state index contributed by atoms with van der Waals surface area (Å²) in [6, 6.07) is 19.7. The Labute approximate surface area is 177 Å². The van der Waals surface area contributed by atoms with Crippen LogP contribution in [0.3, 0.4) is 0 Å². The van der Waals surface area contributed by atoms with Crippen molar-refractivity contribution in [3.8, 4) is 0 Å². The fraction of sp³-hybridized carbons (Fsp3) is 0.364. The Morgan fingerprint density at radius 1 is 0.700 bits per heavy atom. The lowest BCUT2D eigenvalue weighted by Crippen LogP contribution is -2.39. The van der Waals surface area contributed by atoms with Crippen LogP contribution in [-0.4, -0.2) is 41.6 Å². The highest BCUT2D eigenvalue weighted by atomic mass is 32.2. The van der Waals surface area contributed by atoms with Crippen molar-refractivity contribution >= 4 is 25.8 Å². The fourth-order valence-corrected chi connectivity index (χ4v) is 6.11. The van der Waals surface area contributed by atoms with Gasteiger partial charge < -0.3 is 0 Å². The summed E-state index contributed by atoms with van der Waals surface area (Å²) in [6.07, 6.45) is 1.65. The van der Waals surface area contributed by atoms with Crippen LogP contribution in [0.4, 0.5) is 0 Å². The van der Waals surface area contributed by atoms with E-state index in [-0.39, 0.29) is 11.8 Å². The van der Waals surface area contributed by atoms with Gasteiger partial charge in [0, 0.05) is 11.8 Å². The van der Waals surface area contributed by atoms with E-state index in [1.165, 1.54) is 0 Å². The number of fused-ring (bicyclic) bond motifs is 2. The molecule has 0 spiro atoms. The molecule has 160 valence electrons. The van der Waals surface area contributed by atoms with Crippen molar-refractivity contribution in [2.24, 2.45) is 11.8 Å². The molecule has 0 heterocycles. The molecule has 0 aliphatic heterocycles. The predicted molar refractivity (Wildman–Crippen MR) is 115 cm³/mol. The molecule has 2 fully saturated rings. The van der Waals surface area contributed by atoms with Crippen LogP contribution in [0.15, 0.2) is 66.2 Å². The zero-order valence-corrected chi connectivity index (χ0v) is 18.4. The fourth-order valence-electron chi connectivity index (χ4n) is 4.81. The smallest absolute Gasteiger partial charge is 0.264 e. The first-order valence-corrected chi connectivity index (χ1v) is 13.4.